The van der Waals surface area contributed by atoms with Crippen molar-refractivity contribution in [2.45, 2.75) is 12.7 Å². The molecule has 10 heavy (non-hydrogen) atoms. The summed E-state index contributed by atoms with van der Waals surface area (Å²) in [5.41, 5.74) is 0. The van der Waals surface area contributed by atoms with Crippen LogP contribution in [0, 0.1) is 0 Å². The molecule has 0 aromatic rings. The van der Waals surface area contributed by atoms with Crippen molar-refractivity contribution in [2.24, 2.45) is 4.76 Å². The Morgan fingerprint density at radius 1 is 1.50 bits per heavy atom. The average Bonchev–Trinajstić information content (AvgIpc) is 1.74. The van der Waals surface area contributed by atoms with E-state index in [9.17, 15) is 4.39 Å². The van der Waals surface area contributed by atoms with Crippen molar-refractivity contribution in [2.75, 3.05) is 20.0 Å². The van der Waals surface area contributed by atoms with Gasteiger partial charge in [-0.1, -0.05) is 0 Å². The molecule has 0 aromatic carbocycles. The second-order valence-corrected chi connectivity index (χ2v) is 10.7. The summed E-state index contributed by atoms with van der Waals surface area (Å²) in [5.74, 6) is 0.186. The molecule has 60 valence electrons. The van der Waals surface area contributed by atoms with Crippen molar-refractivity contribution in [1.29, 1.82) is 0 Å². The van der Waals surface area contributed by atoms with Gasteiger partial charge in [0, 0.05) is 0 Å². The van der Waals surface area contributed by atoms with E-state index in [0.29, 0.717) is 0 Å². The fraction of sp³-hybridized carbons (Fsp3) is 0.833. The molecule has 0 radical (unpaired) electrons. The fourth-order valence-corrected chi connectivity index (χ4v) is 2.24. The molecular formula is C6H14FN2P. The Labute approximate surface area is 60.9 Å². The standard InChI is InChI=1S/C6H14FN2P/c1-5-8-6(7)9-10(5,2,3)4/h5H,1-4H3,(H,8,9). The number of halogens is 1. The van der Waals surface area contributed by atoms with Crippen LogP contribution >= 0.6 is 6.75 Å². The average molecular weight is 164 g/mol. The van der Waals surface area contributed by atoms with Crippen LogP contribution < -0.4 is 5.32 Å². The van der Waals surface area contributed by atoms with Crippen LogP contribution in [-0.4, -0.2) is 31.9 Å². The summed E-state index contributed by atoms with van der Waals surface area (Å²) >= 11 is 0. The van der Waals surface area contributed by atoms with Crippen LogP contribution in [0.4, 0.5) is 4.39 Å². The first kappa shape index (κ1) is 7.93. The monoisotopic (exact) mass is 164 g/mol. The first-order valence-corrected chi connectivity index (χ1v) is 6.93. The van der Waals surface area contributed by atoms with Crippen LogP contribution in [0.25, 0.3) is 0 Å². The van der Waals surface area contributed by atoms with E-state index < -0.39 is 12.8 Å². The van der Waals surface area contributed by atoms with Crippen LogP contribution in [0.1, 0.15) is 6.92 Å². The zero-order chi connectivity index (χ0) is 8.02. The number of hydrogen-bond acceptors (Lipinski definition) is 2. The summed E-state index contributed by atoms with van der Waals surface area (Å²) in [6.45, 7) is 6.07. The molecule has 1 aliphatic heterocycles. The number of nitrogens with zero attached hydrogens (tertiary/aromatic N) is 1. The molecule has 1 aliphatic rings. The number of hydrogen-bond donors (Lipinski definition) is 1. The first-order valence-electron chi connectivity index (χ1n) is 3.33. The van der Waals surface area contributed by atoms with Gasteiger partial charge in [-0.2, -0.15) is 0 Å². The molecule has 1 N–H and O–H groups in total. The van der Waals surface area contributed by atoms with E-state index in [1.54, 1.807) is 0 Å². The SMILES string of the molecule is CC1NC(F)=NP1(C)(C)C. The minimum atomic E-state index is -2.06. The van der Waals surface area contributed by atoms with E-state index in [1.807, 2.05) is 6.92 Å². The Kier molecular flexibility index (Phi) is 1.35. The van der Waals surface area contributed by atoms with E-state index in [4.69, 9.17) is 0 Å². The van der Waals surface area contributed by atoms with E-state index in [2.05, 4.69) is 30.1 Å². The van der Waals surface area contributed by atoms with Gasteiger partial charge in [-0.05, 0) is 0 Å². The third-order valence-electron chi connectivity index (χ3n) is 2.11. The molecule has 1 rings (SSSR count). The van der Waals surface area contributed by atoms with Gasteiger partial charge in [-0.25, -0.2) is 0 Å². The van der Waals surface area contributed by atoms with Gasteiger partial charge in [0.1, 0.15) is 0 Å². The van der Waals surface area contributed by atoms with Gasteiger partial charge < -0.3 is 0 Å². The van der Waals surface area contributed by atoms with Crippen molar-refractivity contribution in [3.8, 4) is 0 Å². The Hall–Kier alpha value is -0.170. The van der Waals surface area contributed by atoms with Crippen LogP contribution in [0.5, 0.6) is 0 Å². The second kappa shape index (κ2) is 1.70. The molecule has 4 heteroatoms. The number of nitrogens with one attached hydrogen (secondary N) is 1. The third-order valence-corrected chi connectivity index (χ3v) is 5.80. The molecular weight excluding hydrogens is 150 g/mol. The van der Waals surface area contributed by atoms with Crippen LogP contribution in [0.15, 0.2) is 4.76 Å². The van der Waals surface area contributed by atoms with Gasteiger partial charge in [-0.15, -0.1) is 0 Å². The normalized spacial score (nSPS) is 39.1. The maximum atomic E-state index is 12.6. The zero-order valence-electron chi connectivity index (χ0n) is 6.85. The molecule has 0 bridgehead atoms. The van der Waals surface area contributed by atoms with E-state index in [-0.39, 0.29) is 5.78 Å². The fourth-order valence-electron chi connectivity index (χ4n) is 0.824. The van der Waals surface area contributed by atoms with Crippen LogP contribution in [-0.2, 0) is 0 Å². The van der Waals surface area contributed by atoms with E-state index in [0.717, 1.165) is 0 Å². The molecule has 1 atom stereocenters. The quantitative estimate of drug-likeness (QED) is 0.427. The third kappa shape index (κ3) is 1.15. The molecule has 2 nitrogen and oxygen atoms in total. The van der Waals surface area contributed by atoms with Crippen LogP contribution in [0.3, 0.4) is 0 Å². The van der Waals surface area contributed by atoms with Crippen molar-refractivity contribution in [3.63, 3.8) is 0 Å². The molecule has 0 saturated carbocycles. The molecule has 1 unspecified atom stereocenters. The summed E-state index contributed by atoms with van der Waals surface area (Å²) in [4.78, 5) is 0. The maximum absolute atomic E-state index is 12.6. The summed E-state index contributed by atoms with van der Waals surface area (Å²) in [6, 6.07) is 0. The van der Waals surface area contributed by atoms with Crippen molar-refractivity contribution >= 4 is 12.8 Å². The van der Waals surface area contributed by atoms with Crippen molar-refractivity contribution in [3.05, 3.63) is 0 Å². The van der Waals surface area contributed by atoms with Gasteiger partial charge in [0.15, 0.2) is 0 Å². The molecule has 0 amide bonds. The molecule has 0 spiro atoms. The first-order chi connectivity index (χ1) is 4.30. The van der Waals surface area contributed by atoms with Gasteiger partial charge in [0.25, 0.3) is 0 Å². The predicted molar refractivity (Wildman–Crippen MR) is 45.8 cm³/mol. The van der Waals surface area contributed by atoms with E-state index >= 15 is 0 Å². The summed E-state index contributed by atoms with van der Waals surface area (Å²) < 4.78 is 16.6. The Balaban J connectivity index is 3.00. The van der Waals surface area contributed by atoms with Gasteiger partial charge in [0.2, 0.25) is 0 Å². The van der Waals surface area contributed by atoms with Crippen molar-refractivity contribution in [1.82, 2.24) is 5.32 Å². The molecule has 0 saturated heterocycles. The summed E-state index contributed by atoms with van der Waals surface area (Å²) in [6.07, 6.45) is -0.391. The number of amidine groups is 1. The number of rotatable bonds is 0. The van der Waals surface area contributed by atoms with Crippen molar-refractivity contribution < 1.29 is 4.39 Å². The van der Waals surface area contributed by atoms with Gasteiger partial charge in [0.05, 0.1) is 0 Å². The molecule has 0 aromatic heterocycles. The van der Waals surface area contributed by atoms with Gasteiger partial charge >= 0.3 is 60.0 Å². The Morgan fingerprint density at radius 3 is 2.10 bits per heavy atom. The molecule has 1 heterocycles. The van der Waals surface area contributed by atoms with Crippen LogP contribution in [0.2, 0.25) is 0 Å². The Morgan fingerprint density at radius 2 is 2.00 bits per heavy atom. The molecule has 0 fully saturated rings. The topological polar surface area (TPSA) is 24.4 Å². The molecule has 0 aliphatic carbocycles. The second-order valence-electron chi connectivity index (χ2n) is 4.04. The summed E-state index contributed by atoms with van der Waals surface area (Å²) in [7, 11) is 0. The van der Waals surface area contributed by atoms with E-state index in [1.165, 1.54) is 0 Å². The zero-order valence-corrected chi connectivity index (χ0v) is 7.74. The Bertz CT molecular complexity index is 192. The minimum absolute atomic E-state index is 0.186. The van der Waals surface area contributed by atoms with Gasteiger partial charge in [-0.3, -0.25) is 0 Å². The predicted octanol–water partition coefficient (Wildman–Crippen LogP) is 1.62. The summed E-state index contributed by atoms with van der Waals surface area (Å²) in [5, 5.41) is 2.69.